The summed E-state index contributed by atoms with van der Waals surface area (Å²) in [6.07, 6.45) is 3.84. The van der Waals surface area contributed by atoms with Gasteiger partial charge < -0.3 is 9.30 Å². The Morgan fingerprint density at radius 3 is 2.81 bits per heavy atom. The van der Waals surface area contributed by atoms with Crippen molar-refractivity contribution < 1.29 is 13.2 Å². The first-order valence-corrected chi connectivity index (χ1v) is 6.48. The molecule has 0 saturated carbocycles. The Labute approximate surface area is 94.9 Å². The molecule has 1 fully saturated rings. The first-order valence-electron chi connectivity index (χ1n) is 5.04. The van der Waals surface area contributed by atoms with Crippen LogP contribution in [0.15, 0.2) is 17.6 Å². The SMILES string of the molecule is COCC1CCN1S(=O)(=O)c1cn(C)cn1. The van der Waals surface area contributed by atoms with Crippen LogP contribution in [0, 0.1) is 0 Å². The third-order valence-electron chi connectivity index (χ3n) is 2.70. The number of aryl methyl sites for hydroxylation is 1. The zero-order chi connectivity index (χ0) is 11.8. The molecule has 1 aliphatic rings. The van der Waals surface area contributed by atoms with Crippen molar-refractivity contribution in [2.24, 2.45) is 7.05 Å². The minimum absolute atomic E-state index is 0.0444. The lowest BCUT2D eigenvalue weighted by atomic mass is 10.1. The average molecular weight is 245 g/mol. The molecule has 90 valence electrons. The number of sulfonamides is 1. The monoisotopic (exact) mass is 245 g/mol. The lowest BCUT2D eigenvalue weighted by Gasteiger charge is -2.38. The second-order valence-electron chi connectivity index (χ2n) is 3.89. The normalized spacial score (nSPS) is 22.0. The fourth-order valence-electron chi connectivity index (χ4n) is 1.73. The van der Waals surface area contributed by atoms with Crippen molar-refractivity contribution in [3.05, 3.63) is 12.5 Å². The molecule has 0 radical (unpaired) electrons. The molecule has 0 bridgehead atoms. The number of hydrogen-bond donors (Lipinski definition) is 0. The predicted octanol–water partition coefficient (Wildman–Crippen LogP) is -0.170. The minimum atomic E-state index is -3.43. The lowest BCUT2D eigenvalue weighted by molar-refractivity contribution is 0.0819. The molecular weight excluding hydrogens is 230 g/mol. The smallest absolute Gasteiger partial charge is 0.262 e. The van der Waals surface area contributed by atoms with Crippen LogP contribution in [0.5, 0.6) is 0 Å². The highest BCUT2D eigenvalue weighted by Gasteiger charge is 2.39. The molecule has 1 aromatic heterocycles. The van der Waals surface area contributed by atoms with Crippen LogP contribution in [0.3, 0.4) is 0 Å². The molecule has 1 saturated heterocycles. The molecule has 6 nitrogen and oxygen atoms in total. The van der Waals surface area contributed by atoms with Gasteiger partial charge in [-0.25, -0.2) is 13.4 Å². The molecule has 7 heteroatoms. The van der Waals surface area contributed by atoms with Gasteiger partial charge in [-0.3, -0.25) is 0 Å². The van der Waals surface area contributed by atoms with Crippen molar-refractivity contribution in [1.82, 2.24) is 13.9 Å². The first-order chi connectivity index (χ1) is 7.55. The molecule has 1 atom stereocenters. The number of imidazole rings is 1. The maximum absolute atomic E-state index is 12.1. The number of nitrogens with zero attached hydrogens (tertiary/aromatic N) is 3. The maximum Gasteiger partial charge on any atom is 0.262 e. The first kappa shape index (κ1) is 11.6. The van der Waals surface area contributed by atoms with Gasteiger partial charge in [-0.2, -0.15) is 4.31 Å². The number of rotatable bonds is 4. The molecule has 16 heavy (non-hydrogen) atoms. The fraction of sp³-hybridized carbons (Fsp3) is 0.667. The highest BCUT2D eigenvalue weighted by molar-refractivity contribution is 7.89. The van der Waals surface area contributed by atoms with E-state index >= 15 is 0 Å². The van der Waals surface area contributed by atoms with Gasteiger partial charge in [0.1, 0.15) is 0 Å². The van der Waals surface area contributed by atoms with Gasteiger partial charge in [-0.1, -0.05) is 0 Å². The largest absolute Gasteiger partial charge is 0.383 e. The van der Waals surface area contributed by atoms with Gasteiger partial charge in [0.2, 0.25) is 0 Å². The van der Waals surface area contributed by atoms with Crippen LogP contribution in [0.2, 0.25) is 0 Å². The molecule has 0 spiro atoms. The van der Waals surface area contributed by atoms with E-state index in [1.807, 2.05) is 0 Å². The summed E-state index contributed by atoms with van der Waals surface area (Å²) in [4.78, 5) is 3.88. The maximum atomic E-state index is 12.1. The van der Waals surface area contributed by atoms with E-state index in [2.05, 4.69) is 4.98 Å². The summed E-state index contributed by atoms with van der Waals surface area (Å²) in [5.74, 6) is 0. The number of aromatic nitrogens is 2. The standard InChI is InChI=1S/C9H15N3O3S/c1-11-5-9(10-7-11)16(13,14)12-4-3-8(12)6-15-2/h5,7-8H,3-4,6H2,1-2H3. The van der Waals surface area contributed by atoms with Gasteiger partial charge in [0, 0.05) is 32.9 Å². The van der Waals surface area contributed by atoms with Crippen molar-refractivity contribution in [3.8, 4) is 0 Å². The van der Waals surface area contributed by atoms with Crippen LogP contribution in [-0.4, -0.2) is 48.6 Å². The van der Waals surface area contributed by atoms with E-state index in [9.17, 15) is 8.42 Å². The molecule has 1 aliphatic heterocycles. The van der Waals surface area contributed by atoms with Crippen LogP contribution >= 0.6 is 0 Å². The van der Waals surface area contributed by atoms with E-state index in [4.69, 9.17) is 4.74 Å². The summed E-state index contributed by atoms with van der Waals surface area (Å²) in [5.41, 5.74) is 0. The molecule has 1 aromatic rings. The van der Waals surface area contributed by atoms with Crippen molar-refractivity contribution in [2.45, 2.75) is 17.5 Å². The van der Waals surface area contributed by atoms with Crippen molar-refractivity contribution in [2.75, 3.05) is 20.3 Å². The highest BCUT2D eigenvalue weighted by atomic mass is 32.2. The molecule has 2 rings (SSSR count). The van der Waals surface area contributed by atoms with Crippen molar-refractivity contribution in [1.29, 1.82) is 0 Å². The molecule has 1 unspecified atom stereocenters. The van der Waals surface area contributed by atoms with Gasteiger partial charge >= 0.3 is 0 Å². The number of hydrogen-bond acceptors (Lipinski definition) is 4. The Balaban J connectivity index is 2.20. The summed E-state index contributed by atoms with van der Waals surface area (Å²) in [7, 11) is -0.113. The second-order valence-corrected chi connectivity index (χ2v) is 5.73. The summed E-state index contributed by atoms with van der Waals surface area (Å²) in [6, 6.07) is -0.0444. The van der Waals surface area contributed by atoms with E-state index < -0.39 is 10.0 Å². The van der Waals surface area contributed by atoms with Gasteiger partial charge in [-0.15, -0.1) is 0 Å². The van der Waals surface area contributed by atoms with E-state index in [-0.39, 0.29) is 11.1 Å². The molecule has 0 aromatic carbocycles. The molecule has 0 N–H and O–H groups in total. The highest BCUT2D eigenvalue weighted by Crippen LogP contribution is 2.25. The van der Waals surface area contributed by atoms with Crippen LogP contribution in [-0.2, 0) is 21.8 Å². The zero-order valence-corrected chi connectivity index (χ0v) is 10.1. The quantitative estimate of drug-likeness (QED) is 0.738. The Morgan fingerprint density at radius 1 is 1.62 bits per heavy atom. The summed E-state index contributed by atoms with van der Waals surface area (Å²) in [6.45, 7) is 0.985. The predicted molar refractivity (Wildman–Crippen MR) is 57.4 cm³/mol. The van der Waals surface area contributed by atoms with Crippen LogP contribution < -0.4 is 0 Å². The minimum Gasteiger partial charge on any atom is -0.383 e. The zero-order valence-electron chi connectivity index (χ0n) is 9.33. The van der Waals surface area contributed by atoms with Gasteiger partial charge in [-0.05, 0) is 6.42 Å². The van der Waals surface area contributed by atoms with Gasteiger partial charge in [0.05, 0.1) is 12.9 Å². The van der Waals surface area contributed by atoms with Crippen LogP contribution in [0.25, 0.3) is 0 Å². The average Bonchev–Trinajstić information content (AvgIpc) is 2.59. The van der Waals surface area contributed by atoms with E-state index in [0.29, 0.717) is 13.2 Å². The van der Waals surface area contributed by atoms with E-state index in [1.54, 1.807) is 18.7 Å². The Bertz CT molecular complexity index is 468. The summed E-state index contributed by atoms with van der Waals surface area (Å²) in [5, 5.41) is 0.107. The third-order valence-corrected chi connectivity index (χ3v) is 4.54. The molecule has 0 aliphatic carbocycles. The lowest BCUT2D eigenvalue weighted by Crippen LogP contribution is -2.53. The summed E-state index contributed by atoms with van der Waals surface area (Å²) < 4.78 is 32.3. The molecular formula is C9H15N3O3S. The molecule has 2 heterocycles. The Kier molecular flexibility index (Phi) is 3.00. The Hall–Kier alpha value is -0.920. The molecule has 0 amide bonds. The van der Waals surface area contributed by atoms with Crippen molar-refractivity contribution >= 4 is 10.0 Å². The van der Waals surface area contributed by atoms with Crippen LogP contribution in [0.4, 0.5) is 0 Å². The number of ether oxygens (including phenoxy) is 1. The topological polar surface area (TPSA) is 64.4 Å². The van der Waals surface area contributed by atoms with Gasteiger partial charge in [0.25, 0.3) is 10.0 Å². The summed E-state index contributed by atoms with van der Waals surface area (Å²) >= 11 is 0. The Morgan fingerprint density at radius 2 is 2.38 bits per heavy atom. The number of methoxy groups -OCH3 is 1. The van der Waals surface area contributed by atoms with Crippen LogP contribution in [0.1, 0.15) is 6.42 Å². The van der Waals surface area contributed by atoms with E-state index in [1.165, 1.54) is 16.8 Å². The van der Waals surface area contributed by atoms with E-state index in [0.717, 1.165) is 6.42 Å². The third kappa shape index (κ3) is 1.85. The van der Waals surface area contributed by atoms with Gasteiger partial charge in [0.15, 0.2) is 5.03 Å². The second kappa shape index (κ2) is 4.15. The van der Waals surface area contributed by atoms with Crippen molar-refractivity contribution in [3.63, 3.8) is 0 Å². The fourth-order valence-corrected chi connectivity index (χ4v) is 3.36.